The third-order valence-electron chi connectivity index (χ3n) is 0.735. The Labute approximate surface area is 65.9 Å². The van der Waals surface area contributed by atoms with Gasteiger partial charge in [-0.1, -0.05) is 4.49 Å². The first kappa shape index (κ1) is 7.43. The number of hydrogen-bond donors (Lipinski definition) is 0. The molecule has 10 heavy (non-hydrogen) atoms. The minimum atomic E-state index is -0.812. The van der Waals surface area contributed by atoms with E-state index in [0.717, 1.165) is 4.88 Å². The topological polar surface area (TPSA) is 52.1 Å². The molecule has 0 aliphatic heterocycles. The second-order valence-electron chi connectivity index (χ2n) is 1.41. The van der Waals surface area contributed by atoms with Crippen LogP contribution in [0.1, 0.15) is 4.88 Å². The van der Waals surface area contributed by atoms with Crippen LogP contribution in [0.2, 0.25) is 0 Å². The first-order valence-electron chi connectivity index (χ1n) is 2.37. The highest BCUT2D eigenvalue weighted by Crippen LogP contribution is 2.04. The summed E-state index contributed by atoms with van der Waals surface area (Å²) in [5.41, 5.74) is -0.812. The maximum Gasteiger partial charge on any atom is 0.404 e. The number of halogens is 1. The molecule has 0 aliphatic rings. The average molecular weight is 179 g/mol. The van der Waals surface area contributed by atoms with Crippen molar-refractivity contribution in [2.24, 2.45) is 0 Å². The molecule has 4 nitrogen and oxygen atoms in total. The van der Waals surface area contributed by atoms with Crippen molar-refractivity contribution in [3.8, 4) is 0 Å². The van der Waals surface area contributed by atoms with Gasteiger partial charge >= 0.3 is 5.43 Å². The Hall–Kier alpha value is -0.680. The summed E-state index contributed by atoms with van der Waals surface area (Å²) in [6.45, 7) is 0.153. The predicted molar refractivity (Wildman–Crippen MR) is 35.9 cm³/mol. The summed E-state index contributed by atoms with van der Waals surface area (Å²) < 4.78 is 8.00. The van der Waals surface area contributed by atoms with Crippen molar-refractivity contribution in [3.05, 3.63) is 11.1 Å². The molecule has 0 bridgehead atoms. The molecule has 0 aromatic carbocycles. The quantitative estimate of drug-likeness (QED) is 0.643. The normalized spacial score (nSPS) is 9.30. The van der Waals surface area contributed by atoms with Crippen LogP contribution in [-0.4, -0.2) is 15.0 Å². The van der Waals surface area contributed by atoms with Crippen LogP contribution in [0.3, 0.4) is 0 Å². The van der Waals surface area contributed by atoms with Crippen molar-refractivity contribution in [1.82, 2.24) is 9.59 Å². The van der Waals surface area contributed by atoms with Crippen LogP contribution in [-0.2, 0) is 11.3 Å². The van der Waals surface area contributed by atoms with Gasteiger partial charge in [0.15, 0.2) is 0 Å². The standard InChI is InChI=1S/C4H3ClN2O2S/c5-4(8)9-2-3-1-6-7-10-3/h1H,2H2. The van der Waals surface area contributed by atoms with E-state index in [-0.39, 0.29) is 6.61 Å². The molecule has 0 unspecified atom stereocenters. The van der Waals surface area contributed by atoms with Gasteiger partial charge in [-0.25, -0.2) is 4.79 Å². The molecule has 0 saturated carbocycles. The first-order valence-corrected chi connectivity index (χ1v) is 3.52. The highest BCUT2D eigenvalue weighted by molar-refractivity contribution is 7.05. The Balaban J connectivity index is 2.35. The monoisotopic (exact) mass is 178 g/mol. The summed E-state index contributed by atoms with van der Waals surface area (Å²) in [5, 5.41) is 3.53. The number of ether oxygens (including phenoxy) is 1. The van der Waals surface area contributed by atoms with Crippen molar-refractivity contribution < 1.29 is 9.53 Å². The number of carbonyl (C=O) groups excluding carboxylic acids is 1. The Kier molecular flexibility index (Phi) is 2.58. The van der Waals surface area contributed by atoms with E-state index < -0.39 is 5.43 Å². The van der Waals surface area contributed by atoms with E-state index in [0.29, 0.717) is 0 Å². The van der Waals surface area contributed by atoms with Gasteiger partial charge in [-0.05, 0) is 11.5 Å². The maximum absolute atomic E-state index is 10.0. The van der Waals surface area contributed by atoms with Crippen LogP contribution < -0.4 is 0 Å². The van der Waals surface area contributed by atoms with Crippen LogP contribution in [0.5, 0.6) is 0 Å². The molecule has 0 amide bonds. The van der Waals surface area contributed by atoms with Gasteiger partial charge in [0.2, 0.25) is 0 Å². The SMILES string of the molecule is O=C(Cl)OCc1cnns1. The van der Waals surface area contributed by atoms with E-state index in [1.54, 1.807) is 0 Å². The zero-order valence-corrected chi connectivity index (χ0v) is 6.35. The number of rotatable bonds is 2. The van der Waals surface area contributed by atoms with Crippen molar-refractivity contribution in [3.63, 3.8) is 0 Å². The summed E-state index contributed by atoms with van der Waals surface area (Å²) in [6, 6.07) is 0. The number of carbonyl (C=O) groups is 1. The zero-order valence-electron chi connectivity index (χ0n) is 4.78. The van der Waals surface area contributed by atoms with Crippen molar-refractivity contribution >= 4 is 28.6 Å². The molecule has 54 valence electrons. The minimum absolute atomic E-state index is 0.153. The lowest BCUT2D eigenvalue weighted by Crippen LogP contribution is -1.91. The fourth-order valence-corrected chi connectivity index (χ4v) is 0.839. The molecule has 1 heterocycles. The van der Waals surface area contributed by atoms with Crippen LogP contribution in [0.25, 0.3) is 0 Å². The number of nitrogens with zero attached hydrogens (tertiary/aromatic N) is 2. The predicted octanol–water partition coefficient (Wildman–Crippen LogP) is 1.41. The molecule has 6 heteroatoms. The molecule has 0 spiro atoms. The molecular weight excluding hydrogens is 176 g/mol. The smallest absolute Gasteiger partial charge is 0.404 e. The second kappa shape index (κ2) is 3.48. The summed E-state index contributed by atoms with van der Waals surface area (Å²) in [5.74, 6) is 0. The van der Waals surface area contributed by atoms with Crippen LogP contribution in [0.4, 0.5) is 4.79 Å². The van der Waals surface area contributed by atoms with Gasteiger partial charge in [0.1, 0.15) is 6.61 Å². The lowest BCUT2D eigenvalue weighted by atomic mass is 10.6. The number of hydrogen-bond acceptors (Lipinski definition) is 5. The van der Waals surface area contributed by atoms with Gasteiger partial charge < -0.3 is 4.74 Å². The third kappa shape index (κ3) is 2.28. The minimum Gasteiger partial charge on any atom is -0.448 e. The Morgan fingerprint density at radius 1 is 1.90 bits per heavy atom. The highest BCUT2D eigenvalue weighted by atomic mass is 35.5. The van der Waals surface area contributed by atoms with Gasteiger partial charge in [-0.2, -0.15) is 0 Å². The van der Waals surface area contributed by atoms with E-state index in [9.17, 15) is 4.79 Å². The molecule has 0 aliphatic carbocycles. The average Bonchev–Trinajstić information content (AvgIpc) is 2.34. The maximum atomic E-state index is 10.0. The van der Waals surface area contributed by atoms with E-state index in [1.165, 1.54) is 17.7 Å². The van der Waals surface area contributed by atoms with Gasteiger partial charge in [0.25, 0.3) is 0 Å². The Morgan fingerprint density at radius 2 is 2.70 bits per heavy atom. The summed E-state index contributed by atoms with van der Waals surface area (Å²) in [6.07, 6.45) is 1.52. The van der Waals surface area contributed by atoms with Crippen molar-refractivity contribution in [1.29, 1.82) is 0 Å². The Morgan fingerprint density at radius 3 is 3.20 bits per heavy atom. The van der Waals surface area contributed by atoms with Gasteiger partial charge in [0, 0.05) is 11.6 Å². The Bertz CT molecular complexity index is 213. The summed E-state index contributed by atoms with van der Waals surface area (Å²) in [4.78, 5) is 10.8. The molecule has 1 rings (SSSR count). The first-order chi connectivity index (χ1) is 4.79. The highest BCUT2D eigenvalue weighted by Gasteiger charge is 1.98. The van der Waals surface area contributed by atoms with E-state index in [1.807, 2.05) is 0 Å². The zero-order chi connectivity index (χ0) is 7.40. The fourth-order valence-electron chi connectivity index (χ4n) is 0.379. The van der Waals surface area contributed by atoms with Crippen LogP contribution in [0.15, 0.2) is 6.20 Å². The van der Waals surface area contributed by atoms with Crippen LogP contribution in [0, 0.1) is 0 Å². The molecular formula is C4H3ClN2O2S. The molecule has 1 aromatic rings. The third-order valence-corrected chi connectivity index (χ3v) is 1.48. The van der Waals surface area contributed by atoms with Crippen LogP contribution >= 0.6 is 23.1 Å². The van der Waals surface area contributed by atoms with E-state index in [2.05, 4.69) is 14.3 Å². The second-order valence-corrected chi connectivity index (χ2v) is 2.59. The molecule has 0 N–H and O–H groups in total. The number of aromatic nitrogens is 2. The molecule has 0 radical (unpaired) electrons. The molecule has 1 aromatic heterocycles. The lowest BCUT2D eigenvalue weighted by molar-refractivity contribution is 0.168. The molecule has 0 atom stereocenters. The van der Waals surface area contributed by atoms with Crippen molar-refractivity contribution in [2.45, 2.75) is 6.61 Å². The van der Waals surface area contributed by atoms with Gasteiger partial charge in [-0.15, -0.1) is 5.10 Å². The summed E-state index contributed by atoms with van der Waals surface area (Å²) in [7, 11) is 0. The van der Waals surface area contributed by atoms with Crippen molar-refractivity contribution in [2.75, 3.05) is 0 Å². The summed E-state index contributed by atoms with van der Waals surface area (Å²) >= 11 is 6.07. The lowest BCUT2D eigenvalue weighted by Gasteiger charge is -1.92. The van der Waals surface area contributed by atoms with E-state index in [4.69, 9.17) is 11.6 Å². The fraction of sp³-hybridized carbons (Fsp3) is 0.250. The van der Waals surface area contributed by atoms with Gasteiger partial charge in [-0.3, -0.25) is 0 Å². The molecule has 0 fully saturated rings. The molecule has 0 saturated heterocycles. The van der Waals surface area contributed by atoms with E-state index >= 15 is 0 Å². The van der Waals surface area contributed by atoms with Gasteiger partial charge in [0.05, 0.1) is 11.1 Å². The largest absolute Gasteiger partial charge is 0.448 e.